The number of hydrogen-bond donors (Lipinski definition) is 0. The fourth-order valence-corrected chi connectivity index (χ4v) is 3.22. The number of fused-ring (bicyclic) bond motifs is 3. The zero-order chi connectivity index (χ0) is 15.5. The van der Waals surface area contributed by atoms with Gasteiger partial charge in [0, 0.05) is 11.1 Å². The third-order valence-corrected chi connectivity index (χ3v) is 4.47. The topological polar surface area (TPSA) is 38.9 Å². The fourth-order valence-electron chi connectivity index (χ4n) is 2.48. The molecule has 0 spiro atoms. The van der Waals surface area contributed by atoms with E-state index in [-0.39, 0.29) is 0 Å². The van der Waals surface area contributed by atoms with Crippen molar-refractivity contribution in [3.05, 3.63) is 72.6 Å². The van der Waals surface area contributed by atoms with Crippen LogP contribution in [-0.2, 0) is 0 Å². The van der Waals surface area contributed by atoms with Gasteiger partial charge in [0.15, 0.2) is 5.58 Å². The van der Waals surface area contributed by atoms with Gasteiger partial charge in [-0.3, -0.25) is 0 Å². The molecule has 2 aromatic heterocycles. The molecule has 0 aliphatic rings. The van der Waals surface area contributed by atoms with Crippen LogP contribution in [0.2, 0.25) is 0 Å². The molecule has 23 heavy (non-hydrogen) atoms. The van der Waals surface area contributed by atoms with Crippen LogP contribution in [0.25, 0.3) is 28.1 Å². The third-order valence-electron chi connectivity index (χ3n) is 3.55. The highest BCUT2D eigenvalue weighted by molar-refractivity contribution is 7.99. The van der Waals surface area contributed by atoms with Crippen LogP contribution < -0.4 is 0 Å². The normalized spacial score (nSPS) is 11.7. The molecule has 0 radical (unpaired) electrons. The van der Waals surface area contributed by atoms with Crippen LogP contribution in [0.3, 0.4) is 0 Å². The Balaban J connectivity index is 1.58. The summed E-state index contributed by atoms with van der Waals surface area (Å²) in [6.45, 7) is 0. The molecule has 0 saturated carbocycles. The molecular weight excluding hydrogens is 304 g/mol. The highest BCUT2D eigenvalue weighted by atomic mass is 32.2. The van der Waals surface area contributed by atoms with Crippen LogP contribution in [0.15, 0.2) is 76.4 Å². The molecule has 0 N–H and O–H groups in total. The molecular formula is C19H14N2OS. The smallest absolute Gasteiger partial charge is 0.186 e. The van der Waals surface area contributed by atoms with E-state index >= 15 is 0 Å². The minimum atomic E-state index is 0.770. The number of nitrogens with zero attached hydrogens (tertiary/aromatic N) is 2. The van der Waals surface area contributed by atoms with Gasteiger partial charge < -0.3 is 4.42 Å². The van der Waals surface area contributed by atoms with Crippen LogP contribution in [0, 0.1) is 0 Å². The van der Waals surface area contributed by atoms with E-state index in [2.05, 4.69) is 34.3 Å². The molecule has 2 heterocycles. The maximum absolute atomic E-state index is 5.93. The number of thioether (sulfide) groups is 1. The number of benzene rings is 2. The Bertz CT molecular complexity index is 976. The van der Waals surface area contributed by atoms with Crippen molar-refractivity contribution < 1.29 is 4.42 Å². The summed E-state index contributed by atoms with van der Waals surface area (Å²) in [5.41, 5.74) is 3.70. The molecule has 112 valence electrons. The van der Waals surface area contributed by atoms with Gasteiger partial charge in [-0.2, -0.15) is 0 Å². The number of aromatic nitrogens is 2. The molecule has 0 aliphatic heterocycles. The Morgan fingerprint density at radius 1 is 0.957 bits per heavy atom. The first-order chi connectivity index (χ1) is 11.4. The average molecular weight is 318 g/mol. The third kappa shape index (κ3) is 2.85. The predicted octanol–water partition coefficient (Wildman–Crippen LogP) is 5.18. The summed E-state index contributed by atoms with van der Waals surface area (Å²) in [6.07, 6.45) is 5.86. The average Bonchev–Trinajstić information content (AvgIpc) is 2.99. The molecule has 2 aromatic carbocycles. The molecule has 0 aliphatic carbocycles. The second kappa shape index (κ2) is 6.26. The van der Waals surface area contributed by atoms with E-state index in [4.69, 9.17) is 4.42 Å². The van der Waals surface area contributed by atoms with E-state index in [1.54, 1.807) is 18.1 Å². The van der Waals surface area contributed by atoms with Crippen LogP contribution in [0.1, 0.15) is 5.56 Å². The SMILES string of the molecule is C(=Cc1ccccc1)CSc1ncnc2c1oc1ccccc12. The first kappa shape index (κ1) is 14.0. The zero-order valence-electron chi connectivity index (χ0n) is 12.3. The Morgan fingerprint density at radius 3 is 2.70 bits per heavy atom. The summed E-state index contributed by atoms with van der Waals surface area (Å²) in [4.78, 5) is 8.74. The highest BCUT2D eigenvalue weighted by Gasteiger charge is 2.12. The summed E-state index contributed by atoms with van der Waals surface area (Å²) in [6, 6.07) is 18.2. The van der Waals surface area contributed by atoms with E-state index in [0.717, 1.165) is 32.8 Å². The fraction of sp³-hybridized carbons (Fsp3) is 0.0526. The van der Waals surface area contributed by atoms with Crippen molar-refractivity contribution in [2.75, 3.05) is 5.75 Å². The summed E-state index contributed by atoms with van der Waals surface area (Å²) < 4.78 is 5.93. The Labute approximate surface area is 138 Å². The second-order valence-electron chi connectivity index (χ2n) is 5.08. The lowest BCUT2D eigenvalue weighted by Crippen LogP contribution is -1.84. The summed E-state index contributed by atoms with van der Waals surface area (Å²) in [5, 5.41) is 1.91. The van der Waals surface area contributed by atoms with Gasteiger partial charge >= 0.3 is 0 Å². The van der Waals surface area contributed by atoms with Gasteiger partial charge in [0.05, 0.1) is 0 Å². The number of hydrogen-bond acceptors (Lipinski definition) is 4. The number of para-hydroxylation sites is 1. The van der Waals surface area contributed by atoms with Crippen LogP contribution in [-0.4, -0.2) is 15.7 Å². The van der Waals surface area contributed by atoms with Crippen LogP contribution >= 0.6 is 11.8 Å². The van der Waals surface area contributed by atoms with Crippen molar-refractivity contribution in [1.82, 2.24) is 9.97 Å². The summed E-state index contributed by atoms with van der Waals surface area (Å²) in [7, 11) is 0. The lowest BCUT2D eigenvalue weighted by Gasteiger charge is -1.97. The first-order valence-electron chi connectivity index (χ1n) is 7.38. The van der Waals surface area contributed by atoms with E-state index in [1.165, 1.54) is 5.56 Å². The van der Waals surface area contributed by atoms with Gasteiger partial charge in [-0.15, -0.1) is 0 Å². The highest BCUT2D eigenvalue weighted by Crippen LogP contribution is 2.32. The van der Waals surface area contributed by atoms with Gasteiger partial charge in [0.2, 0.25) is 0 Å². The van der Waals surface area contributed by atoms with E-state index in [0.29, 0.717) is 0 Å². The van der Waals surface area contributed by atoms with Crippen molar-refractivity contribution >= 4 is 39.9 Å². The molecule has 4 aromatic rings. The van der Waals surface area contributed by atoms with Gasteiger partial charge in [-0.1, -0.05) is 66.4 Å². The van der Waals surface area contributed by atoms with Crippen LogP contribution in [0.4, 0.5) is 0 Å². The molecule has 0 fully saturated rings. The summed E-state index contributed by atoms with van der Waals surface area (Å²) >= 11 is 1.65. The standard InChI is InChI=1S/C19H14N2OS/c1-2-7-14(8-3-1)9-6-12-23-19-18-17(20-13-21-19)15-10-4-5-11-16(15)22-18/h1-11,13H,12H2. The van der Waals surface area contributed by atoms with E-state index < -0.39 is 0 Å². The molecule has 0 atom stereocenters. The molecule has 0 bridgehead atoms. The van der Waals surface area contributed by atoms with Crippen LogP contribution in [0.5, 0.6) is 0 Å². The molecule has 4 rings (SSSR count). The van der Waals surface area contributed by atoms with E-state index in [1.807, 2.05) is 42.5 Å². The predicted molar refractivity (Wildman–Crippen MR) is 95.5 cm³/mol. The maximum Gasteiger partial charge on any atom is 0.186 e. The second-order valence-corrected chi connectivity index (χ2v) is 6.09. The Hall–Kier alpha value is -2.59. The summed E-state index contributed by atoms with van der Waals surface area (Å²) in [5.74, 6) is 0.831. The van der Waals surface area contributed by atoms with Crippen molar-refractivity contribution in [3.8, 4) is 0 Å². The lowest BCUT2D eigenvalue weighted by molar-refractivity contribution is 0.653. The van der Waals surface area contributed by atoms with Crippen molar-refractivity contribution in [3.63, 3.8) is 0 Å². The lowest BCUT2D eigenvalue weighted by atomic mass is 10.2. The molecule has 0 amide bonds. The van der Waals surface area contributed by atoms with Gasteiger partial charge in [-0.05, 0) is 17.7 Å². The Morgan fingerprint density at radius 2 is 1.78 bits per heavy atom. The molecule has 0 unspecified atom stereocenters. The quantitative estimate of drug-likeness (QED) is 0.384. The molecule has 0 saturated heterocycles. The number of rotatable bonds is 4. The van der Waals surface area contributed by atoms with Crippen molar-refractivity contribution in [2.45, 2.75) is 5.03 Å². The molecule has 3 nitrogen and oxygen atoms in total. The number of furan rings is 1. The van der Waals surface area contributed by atoms with Crippen molar-refractivity contribution in [1.29, 1.82) is 0 Å². The largest absolute Gasteiger partial charge is 0.451 e. The van der Waals surface area contributed by atoms with Gasteiger partial charge in [-0.25, -0.2) is 9.97 Å². The minimum absolute atomic E-state index is 0.770. The zero-order valence-corrected chi connectivity index (χ0v) is 13.2. The molecule has 4 heteroatoms. The maximum atomic E-state index is 5.93. The van der Waals surface area contributed by atoms with E-state index in [9.17, 15) is 0 Å². The Kier molecular flexibility index (Phi) is 3.82. The van der Waals surface area contributed by atoms with Gasteiger partial charge in [0.25, 0.3) is 0 Å². The first-order valence-corrected chi connectivity index (χ1v) is 8.37. The van der Waals surface area contributed by atoms with Crippen molar-refractivity contribution in [2.24, 2.45) is 0 Å². The monoisotopic (exact) mass is 318 g/mol. The minimum Gasteiger partial charge on any atom is -0.451 e. The van der Waals surface area contributed by atoms with Gasteiger partial charge in [0.1, 0.15) is 22.5 Å².